The van der Waals surface area contributed by atoms with Crippen molar-refractivity contribution in [3.8, 4) is 0 Å². The molecule has 1 aliphatic heterocycles. The van der Waals surface area contributed by atoms with Crippen molar-refractivity contribution in [2.24, 2.45) is 0 Å². The van der Waals surface area contributed by atoms with E-state index in [1.165, 1.54) is 12.1 Å². The molecule has 2 unspecified atom stereocenters. The third kappa shape index (κ3) is 8.06. The first-order valence-corrected chi connectivity index (χ1v) is 10.8. The molecule has 1 fully saturated rings. The first-order chi connectivity index (χ1) is 14.2. The molecule has 2 atom stereocenters. The van der Waals surface area contributed by atoms with E-state index >= 15 is 0 Å². The number of hydrogen-bond acceptors (Lipinski definition) is 5. The van der Waals surface area contributed by atoms with E-state index in [0.717, 1.165) is 45.2 Å². The van der Waals surface area contributed by atoms with E-state index in [4.69, 9.17) is 0 Å². The maximum atomic E-state index is 13.4. The Morgan fingerprint density at radius 3 is 2.57 bits per heavy atom. The van der Waals surface area contributed by atoms with Crippen molar-refractivity contribution in [3.63, 3.8) is 0 Å². The summed E-state index contributed by atoms with van der Waals surface area (Å²) in [7, 11) is 3.66. The fourth-order valence-electron chi connectivity index (χ4n) is 4.02. The van der Waals surface area contributed by atoms with Gasteiger partial charge in [-0.2, -0.15) is 13.2 Å². The van der Waals surface area contributed by atoms with Gasteiger partial charge in [-0.05, 0) is 64.0 Å². The molecule has 8 heteroatoms. The molecule has 1 aromatic rings. The summed E-state index contributed by atoms with van der Waals surface area (Å²) in [6.45, 7) is 2.73. The monoisotopic (exact) mass is 431 g/mol. The zero-order valence-corrected chi connectivity index (χ0v) is 18.1. The Morgan fingerprint density at radius 2 is 1.90 bits per heavy atom. The first kappa shape index (κ1) is 24.9. The molecule has 0 radical (unpaired) electrons. The molecular formula is C22H36F3N3O2. The summed E-state index contributed by atoms with van der Waals surface area (Å²) in [5, 5.41) is 22.1. The summed E-state index contributed by atoms with van der Waals surface area (Å²) in [5.74, 6) is 0. The standard InChI is InChI=1S/C22H36F3N3O2/c1-27(2)15-17-7-8-21(20(13-17)22(23,24)25)26-10-5-3-4-6-11-28-12-9-19(30)14-18(28)16-29/h7-8,13,18-19,26,29-30H,3-6,9-12,14-16H2,1-2H3. The second-order valence-corrected chi connectivity index (χ2v) is 8.51. The SMILES string of the molecule is CN(C)Cc1ccc(NCCCCCCN2CCC(O)CC2CO)c(C(F)(F)F)c1. The number of benzene rings is 1. The summed E-state index contributed by atoms with van der Waals surface area (Å²) < 4.78 is 40.2. The number of halogens is 3. The van der Waals surface area contributed by atoms with Crippen molar-refractivity contribution in [1.29, 1.82) is 0 Å². The number of aliphatic hydroxyl groups excluding tert-OH is 2. The van der Waals surface area contributed by atoms with Crippen LogP contribution in [0, 0.1) is 0 Å². The van der Waals surface area contributed by atoms with Crippen molar-refractivity contribution in [2.75, 3.05) is 45.7 Å². The van der Waals surface area contributed by atoms with Gasteiger partial charge in [0.25, 0.3) is 0 Å². The van der Waals surface area contributed by atoms with Gasteiger partial charge in [0.05, 0.1) is 18.3 Å². The van der Waals surface area contributed by atoms with Crippen LogP contribution in [-0.4, -0.2) is 72.5 Å². The Kier molecular flexibility index (Phi) is 9.87. The zero-order chi connectivity index (χ0) is 22.1. The van der Waals surface area contributed by atoms with E-state index < -0.39 is 11.7 Å². The average Bonchev–Trinajstić information content (AvgIpc) is 2.67. The van der Waals surface area contributed by atoms with E-state index in [0.29, 0.717) is 25.1 Å². The molecular weight excluding hydrogens is 395 g/mol. The number of piperidine rings is 1. The number of alkyl halides is 3. The molecule has 0 aromatic heterocycles. The van der Waals surface area contributed by atoms with E-state index in [1.54, 1.807) is 6.07 Å². The summed E-state index contributed by atoms with van der Waals surface area (Å²) in [4.78, 5) is 4.08. The summed E-state index contributed by atoms with van der Waals surface area (Å²) >= 11 is 0. The summed E-state index contributed by atoms with van der Waals surface area (Å²) in [6, 6.07) is 4.54. The van der Waals surface area contributed by atoms with Gasteiger partial charge < -0.3 is 20.4 Å². The van der Waals surface area contributed by atoms with Gasteiger partial charge in [-0.25, -0.2) is 0 Å². The van der Waals surface area contributed by atoms with Crippen LogP contribution in [-0.2, 0) is 12.7 Å². The second-order valence-electron chi connectivity index (χ2n) is 8.51. The number of aliphatic hydroxyl groups is 2. The highest BCUT2D eigenvalue weighted by molar-refractivity contribution is 5.54. The van der Waals surface area contributed by atoms with Crippen LogP contribution in [0.1, 0.15) is 49.7 Å². The third-order valence-corrected chi connectivity index (χ3v) is 5.60. The minimum absolute atomic E-state index is 0.0340. The minimum Gasteiger partial charge on any atom is -0.395 e. The van der Waals surface area contributed by atoms with Gasteiger partial charge in [-0.15, -0.1) is 0 Å². The molecule has 172 valence electrons. The van der Waals surface area contributed by atoms with Gasteiger partial charge in [-0.1, -0.05) is 18.9 Å². The Morgan fingerprint density at radius 1 is 1.17 bits per heavy atom. The molecule has 2 rings (SSSR count). The Balaban J connectivity index is 1.72. The fourth-order valence-corrected chi connectivity index (χ4v) is 4.02. The van der Waals surface area contributed by atoms with Gasteiger partial charge in [0.2, 0.25) is 0 Å². The quantitative estimate of drug-likeness (QED) is 0.468. The van der Waals surface area contributed by atoms with Gasteiger partial charge in [0, 0.05) is 31.4 Å². The molecule has 3 N–H and O–H groups in total. The van der Waals surface area contributed by atoms with E-state index in [1.807, 2.05) is 19.0 Å². The van der Waals surface area contributed by atoms with Crippen LogP contribution >= 0.6 is 0 Å². The largest absolute Gasteiger partial charge is 0.418 e. The lowest BCUT2D eigenvalue weighted by Crippen LogP contribution is -2.46. The van der Waals surface area contributed by atoms with Crippen molar-refractivity contribution >= 4 is 5.69 Å². The van der Waals surface area contributed by atoms with Crippen LogP contribution in [0.15, 0.2) is 18.2 Å². The molecule has 0 bridgehead atoms. The summed E-state index contributed by atoms with van der Waals surface area (Å²) in [5.41, 5.74) is 0.177. The first-order valence-electron chi connectivity index (χ1n) is 10.8. The minimum atomic E-state index is -4.38. The Hall–Kier alpha value is -1.35. The van der Waals surface area contributed by atoms with Gasteiger partial charge in [-0.3, -0.25) is 4.90 Å². The average molecular weight is 432 g/mol. The molecule has 1 aromatic carbocycles. The fraction of sp³-hybridized carbons (Fsp3) is 0.727. The van der Waals surface area contributed by atoms with Crippen molar-refractivity contribution in [3.05, 3.63) is 29.3 Å². The molecule has 0 saturated carbocycles. The normalized spacial score (nSPS) is 20.7. The van der Waals surface area contributed by atoms with Crippen LogP contribution < -0.4 is 5.32 Å². The van der Waals surface area contributed by atoms with Gasteiger partial charge in [0.1, 0.15) is 0 Å². The molecule has 30 heavy (non-hydrogen) atoms. The highest BCUT2D eigenvalue weighted by Crippen LogP contribution is 2.35. The molecule has 0 amide bonds. The van der Waals surface area contributed by atoms with Crippen molar-refractivity contribution in [2.45, 2.75) is 63.4 Å². The number of anilines is 1. The lowest BCUT2D eigenvalue weighted by Gasteiger charge is -2.36. The molecule has 1 heterocycles. The molecule has 1 saturated heterocycles. The maximum Gasteiger partial charge on any atom is 0.418 e. The number of hydrogen-bond donors (Lipinski definition) is 3. The zero-order valence-electron chi connectivity index (χ0n) is 18.1. The number of nitrogens with zero attached hydrogens (tertiary/aromatic N) is 2. The smallest absolute Gasteiger partial charge is 0.395 e. The molecule has 1 aliphatic rings. The Bertz CT molecular complexity index is 641. The number of nitrogens with one attached hydrogen (secondary N) is 1. The molecule has 5 nitrogen and oxygen atoms in total. The van der Waals surface area contributed by atoms with Crippen molar-refractivity contribution in [1.82, 2.24) is 9.80 Å². The van der Waals surface area contributed by atoms with Crippen LogP contribution in [0.3, 0.4) is 0 Å². The Labute approximate surface area is 177 Å². The predicted molar refractivity (Wildman–Crippen MR) is 113 cm³/mol. The van der Waals surface area contributed by atoms with Crippen molar-refractivity contribution < 1.29 is 23.4 Å². The topological polar surface area (TPSA) is 59.0 Å². The molecule has 0 spiro atoms. The highest BCUT2D eigenvalue weighted by Gasteiger charge is 2.33. The lowest BCUT2D eigenvalue weighted by atomic mass is 9.99. The maximum absolute atomic E-state index is 13.4. The van der Waals surface area contributed by atoms with E-state index in [9.17, 15) is 23.4 Å². The highest BCUT2D eigenvalue weighted by atomic mass is 19.4. The number of unbranched alkanes of at least 4 members (excludes halogenated alkanes) is 3. The summed E-state index contributed by atoms with van der Waals surface area (Å²) in [6.07, 6.45) is 0.391. The van der Waals surface area contributed by atoms with Crippen LogP contribution in [0.2, 0.25) is 0 Å². The lowest BCUT2D eigenvalue weighted by molar-refractivity contribution is -0.137. The number of rotatable bonds is 11. The van der Waals surface area contributed by atoms with Gasteiger partial charge >= 0.3 is 6.18 Å². The molecule has 0 aliphatic carbocycles. The third-order valence-electron chi connectivity index (χ3n) is 5.60. The number of likely N-dealkylation sites (tertiary alicyclic amines) is 1. The van der Waals surface area contributed by atoms with Crippen LogP contribution in [0.5, 0.6) is 0 Å². The van der Waals surface area contributed by atoms with Gasteiger partial charge in [0.15, 0.2) is 0 Å². The predicted octanol–water partition coefficient (Wildman–Crippen LogP) is 3.56. The van der Waals surface area contributed by atoms with Crippen LogP contribution in [0.4, 0.5) is 18.9 Å². The van der Waals surface area contributed by atoms with Crippen LogP contribution in [0.25, 0.3) is 0 Å². The van der Waals surface area contributed by atoms with E-state index in [-0.39, 0.29) is 24.4 Å². The van der Waals surface area contributed by atoms with E-state index in [2.05, 4.69) is 10.2 Å². The second kappa shape index (κ2) is 11.9.